The molecule has 3 rings (SSSR count). The van der Waals surface area contributed by atoms with Crippen LogP contribution in [-0.2, 0) is 17.6 Å². The first kappa shape index (κ1) is 20.7. The summed E-state index contributed by atoms with van der Waals surface area (Å²) in [5, 5.41) is 11.4. The molecule has 7 nitrogen and oxygen atoms in total. The number of hydrogen-bond acceptors (Lipinski definition) is 6. The Balaban J connectivity index is 1.61. The molecule has 0 bridgehead atoms. The van der Waals surface area contributed by atoms with Crippen molar-refractivity contribution < 1.29 is 9.53 Å². The van der Waals surface area contributed by atoms with Crippen LogP contribution in [0, 0.1) is 0 Å². The molecule has 2 aromatic carbocycles. The van der Waals surface area contributed by atoms with E-state index >= 15 is 0 Å². The third-order valence-corrected chi connectivity index (χ3v) is 5.59. The molecule has 0 saturated carbocycles. The van der Waals surface area contributed by atoms with E-state index in [4.69, 9.17) is 10.6 Å². The number of thioether (sulfide) groups is 1. The number of aromatic nitrogens is 3. The monoisotopic (exact) mass is 411 g/mol. The summed E-state index contributed by atoms with van der Waals surface area (Å²) in [6, 6.07) is 15.5. The molecule has 1 amide bonds. The molecule has 0 aliphatic rings. The molecule has 1 heterocycles. The molecule has 0 radical (unpaired) electrons. The maximum absolute atomic E-state index is 12.5. The van der Waals surface area contributed by atoms with Crippen molar-refractivity contribution in [3.05, 3.63) is 65.5 Å². The van der Waals surface area contributed by atoms with Gasteiger partial charge in [-0.15, -0.1) is 10.2 Å². The predicted octanol–water partition coefficient (Wildman–Crippen LogP) is 3.27. The van der Waals surface area contributed by atoms with E-state index in [-0.39, 0.29) is 11.2 Å². The number of amides is 1. The normalized spacial score (nSPS) is 11.8. The summed E-state index contributed by atoms with van der Waals surface area (Å²) in [4.78, 5) is 12.5. The van der Waals surface area contributed by atoms with Crippen LogP contribution < -0.4 is 15.9 Å². The van der Waals surface area contributed by atoms with Crippen molar-refractivity contribution in [2.75, 3.05) is 18.3 Å². The van der Waals surface area contributed by atoms with Crippen molar-refractivity contribution in [1.82, 2.24) is 14.9 Å². The van der Waals surface area contributed by atoms with Gasteiger partial charge in [-0.05, 0) is 48.7 Å². The van der Waals surface area contributed by atoms with Crippen molar-refractivity contribution >= 4 is 23.4 Å². The van der Waals surface area contributed by atoms with Gasteiger partial charge in [-0.1, -0.05) is 43.0 Å². The second kappa shape index (κ2) is 9.47. The van der Waals surface area contributed by atoms with E-state index in [2.05, 4.69) is 22.4 Å². The van der Waals surface area contributed by atoms with E-state index in [1.165, 1.54) is 22.0 Å². The molecule has 1 atom stereocenters. The molecule has 1 aromatic heterocycles. The van der Waals surface area contributed by atoms with Crippen LogP contribution in [-0.4, -0.2) is 33.1 Å². The summed E-state index contributed by atoms with van der Waals surface area (Å²) in [5.74, 6) is 7.46. The maximum atomic E-state index is 12.5. The average molecular weight is 412 g/mol. The third kappa shape index (κ3) is 5.29. The number of nitrogens with zero attached hydrogens (tertiary/aromatic N) is 3. The highest BCUT2D eigenvalue weighted by molar-refractivity contribution is 8.00. The molecule has 3 aromatic rings. The van der Waals surface area contributed by atoms with E-state index in [9.17, 15) is 4.79 Å². The molecule has 0 aliphatic heterocycles. The van der Waals surface area contributed by atoms with Crippen molar-refractivity contribution in [1.29, 1.82) is 0 Å². The van der Waals surface area contributed by atoms with Crippen LogP contribution >= 0.6 is 11.8 Å². The Bertz CT molecular complexity index is 954. The molecule has 3 N–H and O–H groups in total. The molecule has 0 spiro atoms. The van der Waals surface area contributed by atoms with Crippen LogP contribution in [0.3, 0.4) is 0 Å². The largest absolute Gasteiger partial charge is 0.497 e. The third-order valence-electron chi connectivity index (χ3n) is 4.54. The number of carbonyl (C=O) groups is 1. The number of nitrogens with one attached hydrogen (secondary N) is 1. The summed E-state index contributed by atoms with van der Waals surface area (Å²) in [6.45, 7) is 3.91. The first-order valence-corrected chi connectivity index (χ1v) is 10.3. The van der Waals surface area contributed by atoms with E-state index < -0.39 is 0 Å². The number of carbonyl (C=O) groups excluding carboxylic acids is 1. The second-order valence-corrected chi connectivity index (χ2v) is 7.90. The number of benzene rings is 2. The number of anilines is 1. The summed E-state index contributed by atoms with van der Waals surface area (Å²) in [5.41, 5.74) is 3.04. The van der Waals surface area contributed by atoms with Crippen molar-refractivity contribution in [2.24, 2.45) is 0 Å². The van der Waals surface area contributed by atoms with Crippen molar-refractivity contribution in [3.8, 4) is 5.75 Å². The number of methoxy groups -OCH3 is 1. The number of hydrogen-bond donors (Lipinski definition) is 2. The Morgan fingerprint density at radius 1 is 1.14 bits per heavy atom. The van der Waals surface area contributed by atoms with Crippen LogP contribution in [0.1, 0.15) is 30.8 Å². The zero-order chi connectivity index (χ0) is 20.8. The van der Waals surface area contributed by atoms with Crippen LogP contribution in [0.4, 0.5) is 5.69 Å². The Labute approximate surface area is 174 Å². The SMILES string of the molecule is CCc1ccc(NC(=O)[C@@H](C)Sc2nnc(Cc3ccc(OC)cc3)n2N)cc1. The Kier molecular flexibility index (Phi) is 6.77. The van der Waals surface area contributed by atoms with Crippen LogP contribution in [0.15, 0.2) is 53.7 Å². The minimum atomic E-state index is -0.374. The minimum absolute atomic E-state index is 0.112. The zero-order valence-corrected chi connectivity index (χ0v) is 17.6. The molecule has 0 unspecified atom stereocenters. The average Bonchev–Trinajstić information content (AvgIpc) is 3.08. The van der Waals surface area contributed by atoms with E-state index in [1.807, 2.05) is 55.5 Å². The maximum Gasteiger partial charge on any atom is 0.237 e. The van der Waals surface area contributed by atoms with E-state index in [0.29, 0.717) is 17.4 Å². The quantitative estimate of drug-likeness (QED) is 0.436. The van der Waals surface area contributed by atoms with Gasteiger partial charge in [-0.25, -0.2) is 4.68 Å². The first-order chi connectivity index (χ1) is 14.0. The van der Waals surface area contributed by atoms with Gasteiger partial charge in [0.25, 0.3) is 0 Å². The van der Waals surface area contributed by atoms with Gasteiger partial charge in [-0.3, -0.25) is 4.79 Å². The lowest BCUT2D eigenvalue weighted by Crippen LogP contribution is -2.24. The van der Waals surface area contributed by atoms with Gasteiger partial charge in [0, 0.05) is 12.1 Å². The number of rotatable bonds is 8. The van der Waals surface area contributed by atoms with Gasteiger partial charge in [-0.2, -0.15) is 0 Å². The fraction of sp³-hybridized carbons (Fsp3) is 0.286. The fourth-order valence-corrected chi connectivity index (χ4v) is 3.50. The predicted molar refractivity (Wildman–Crippen MR) is 116 cm³/mol. The second-order valence-electron chi connectivity index (χ2n) is 6.59. The standard InChI is InChI=1S/C21H25N5O2S/c1-4-15-5-9-17(10-6-15)23-20(27)14(2)29-21-25-24-19(26(21)22)13-16-7-11-18(28-3)12-8-16/h5-12,14H,4,13,22H2,1-3H3,(H,23,27)/t14-/m1/s1. The van der Waals surface area contributed by atoms with Crippen LogP contribution in [0.5, 0.6) is 5.75 Å². The van der Waals surface area contributed by atoms with Gasteiger partial charge < -0.3 is 15.9 Å². The molecule has 8 heteroatoms. The van der Waals surface area contributed by atoms with Crippen molar-refractivity contribution in [3.63, 3.8) is 0 Å². The summed E-state index contributed by atoms with van der Waals surface area (Å²) in [6.07, 6.45) is 1.50. The van der Waals surface area contributed by atoms with Crippen LogP contribution in [0.25, 0.3) is 0 Å². The molecule has 29 heavy (non-hydrogen) atoms. The van der Waals surface area contributed by atoms with Crippen LogP contribution in [0.2, 0.25) is 0 Å². The summed E-state index contributed by atoms with van der Waals surface area (Å²) in [7, 11) is 1.63. The van der Waals surface area contributed by atoms with Crippen molar-refractivity contribution in [2.45, 2.75) is 37.1 Å². The fourth-order valence-electron chi connectivity index (χ4n) is 2.71. The summed E-state index contributed by atoms with van der Waals surface area (Å²) < 4.78 is 6.61. The Morgan fingerprint density at radius 2 is 1.79 bits per heavy atom. The van der Waals surface area contributed by atoms with Gasteiger partial charge in [0.05, 0.1) is 12.4 Å². The van der Waals surface area contributed by atoms with Gasteiger partial charge in [0.15, 0.2) is 5.82 Å². The highest BCUT2D eigenvalue weighted by Crippen LogP contribution is 2.23. The first-order valence-electron chi connectivity index (χ1n) is 9.39. The molecular weight excluding hydrogens is 386 g/mol. The smallest absolute Gasteiger partial charge is 0.237 e. The minimum Gasteiger partial charge on any atom is -0.497 e. The lowest BCUT2D eigenvalue weighted by atomic mass is 10.1. The summed E-state index contributed by atoms with van der Waals surface area (Å²) >= 11 is 1.27. The van der Waals surface area contributed by atoms with Gasteiger partial charge >= 0.3 is 0 Å². The highest BCUT2D eigenvalue weighted by atomic mass is 32.2. The highest BCUT2D eigenvalue weighted by Gasteiger charge is 2.19. The molecular formula is C21H25N5O2S. The molecule has 0 aliphatic carbocycles. The Hall–Kier alpha value is -3.00. The molecule has 152 valence electrons. The zero-order valence-electron chi connectivity index (χ0n) is 16.8. The van der Waals surface area contributed by atoms with Gasteiger partial charge in [0.2, 0.25) is 11.1 Å². The van der Waals surface area contributed by atoms with Gasteiger partial charge in [0.1, 0.15) is 5.75 Å². The lowest BCUT2D eigenvalue weighted by molar-refractivity contribution is -0.115. The number of ether oxygens (including phenoxy) is 1. The van der Waals surface area contributed by atoms with E-state index in [0.717, 1.165) is 23.4 Å². The Morgan fingerprint density at radius 3 is 2.41 bits per heavy atom. The molecule has 0 fully saturated rings. The molecule has 0 saturated heterocycles. The number of nitrogens with two attached hydrogens (primary N) is 1. The number of nitrogen functional groups attached to an aromatic ring is 1. The topological polar surface area (TPSA) is 95.1 Å². The van der Waals surface area contributed by atoms with E-state index in [1.54, 1.807) is 7.11 Å². The number of aryl methyl sites for hydroxylation is 1. The lowest BCUT2D eigenvalue weighted by Gasteiger charge is -2.12.